The van der Waals surface area contributed by atoms with Gasteiger partial charge >= 0.3 is 12.1 Å². The number of rotatable bonds is 1. The summed E-state index contributed by atoms with van der Waals surface area (Å²) in [5, 5.41) is 33.9. The van der Waals surface area contributed by atoms with Crippen LogP contribution in [0.3, 0.4) is 0 Å². The molecule has 13 heavy (non-hydrogen) atoms. The van der Waals surface area contributed by atoms with Crippen LogP contribution in [0.2, 0.25) is 0 Å². The molecule has 1 saturated heterocycles. The quantitative estimate of drug-likeness (QED) is 0.362. The minimum atomic E-state index is -1.83. The van der Waals surface area contributed by atoms with Gasteiger partial charge in [-0.15, -0.1) is 0 Å². The predicted octanol–water partition coefficient (Wildman–Crippen LogP) is -0.984. The molecule has 0 saturated carbocycles. The van der Waals surface area contributed by atoms with Crippen molar-refractivity contribution in [2.75, 3.05) is 6.54 Å². The lowest BCUT2D eigenvalue weighted by atomic mass is 10.2. The molecule has 1 heterocycles. The first-order valence-corrected chi connectivity index (χ1v) is 3.51. The fourth-order valence-electron chi connectivity index (χ4n) is 0.941. The number of hydrogen-bond donors (Lipinski definition) is 5. The number of carbonyl (C=O) groups is 2. The van der Waals surface area contributed by atoms with Crippen molar-refractivity contribution >= 4 is 12.1 Å². The fraction of sp³-hybridized carbons (Fsp3) is 0.667. The number of nitrogens with one attached hydrogen (secondary N) is 1. The van der Waals surface area contributed by atoms with Gasteiger partial charge in [-0.3, -0.25) is 4.79 Å². The molecule has 76 valence electrons. The summed E-state index contributed by atoms with van der Waals surface area (Å²) in [6.45, 7) is 0.595. The molecular weight excluding hydrogens is 182 g/mol. The second kappa shape index (κ2) is 5.33. The Balaban J connectivity index is 0.000000310. The maximum atomic E-state index is 10.2. The molecule has 0 bridgehead atoms. The van der Waals surface area contributed by atoms with Crippen molar-refractivity contribution in [2.45, 2.75) is 18.6 Å². The van der Waals surface area contributed by atoms with Crippen molar-refractivity contribution < 1.29 is 30.0 Å². The number of hydrogen-bond acceptors (Lipinski definition) is 4. The number of carboxylic acids is 1. The van der Waals surface area contributed by atoms with Crippen LogP contribution >= 0.6 is 0 Å². The zero-order chi connectivity index (χ0) is 10.4. The number of aliphatic hydroxyl groups is 1. The largest absolute Gasteiger partial charge is 0.503 e. The maximum Gasteiger partial charge on any atom is 0.503 e. The van der Waals surface area contributed by atoms with Gasteiger partial charge in [0.2, 0.25) is 0 Å². The van der Waals surface area contributed by atoms with Gasteiger partial charge in [-0.05, 0) is 13.0 Å². The predicted molar refractivity (Wildman–Crippen MR) is 40.7 cm³/mol. The first-order chi connectivity index (χ1) is 5.95. The van der Waals surface area contributed by atoms with Gasteiger partial charge in [0.1, 0.15) is 6.04 Å². The van der Waals surface area contributed by atoms with Crippen LogP contribution in [0.1, 0.15) is 6.42 Å². The first-order valence-electron chi connectivity index (χ1n) is 3.51. The van der Waals surface area contributed by atoms with Crippen LogP contribution < -0.4 is 5.32 Å². The molecule has 0 spiro atoms. The molecule has 0 radical (unpaired) electrons. The minimum absolute atomic E-state index is 0.539. The molecule has 0 amide bonds. The van der Waals surface area contributed by atoms with Gasteiger partial charge in [-0.1, -0.05) is 0 Å². The lowest BCUT2D eigenvalue weighted by Crippen LogP contribution is -2.38. The van der Waals surface area contributed by atoms with E-state index in [9.17, 15) is 4.79 Å². The zero-order valence-electron chi connectivity index (χ0n) is 6.67. The number of aliphatic carboxylic acids is 1. The molecule has 0 aromatic heterocycles. The van der Waals surface area contributed by atoms with Crippen molar-refractivity contribution in [1.82, 2.24) is 5.32 Å². The molecule has 1 fully saturated rings. The van der Waals surface area contributed by atoms with Gasteiger partial charge in [0, 0.05) is 0 Å². The van der Waals surface area contributed by atoms with Gasteiger partial charge in [0.25, 0.3) is 0 Å². The summed E-state index contributed by atoms with van der Waals surface area (Å²) in [6, 6.07) is -0.745. The average Bonchev–Trinajstić information content (AvgIpc) is 2.33. The summed E-state index contributed by atoms with van der Waals surface area (Å²) in [4.78, 5) is 18.7. The third-order valence-corrected chi connectivity index (χ3v) is 1.46. The van der Waals surface area contributed by atoms with Gasteiger partial charge in [0.15, 0.2) is 0 Å². The standard InChI is InChI=1S/C5H9NO3.CH2O3/c7-3-1-2-6-4(3)5(8)9;2-1(3)4/h3-4,6-7H,1-2H2,(H,8,9);(H2,2,3,4)/t3?,4-;/m0./s1. The molecule has 5 N–H and O–H groups in total. The van der Waals surface area contributed by atoms with Crippen molar-refractivity contribution in [1.29, 1.82) is 0 Å². The van der Waals surface area contributed by atoms with E-state index in [-0.39, 0.29) is 0 Å². The molecule has 1 rings (SSSR count). The van der Waals surface area contributed by atoms with E-state index in [1.54, 1.807) is 0 Å². The van der Waals surface area contributed by atoms with Gasteiger partial charge < -0.3 is 25.7 Å². The highest BCUT2D eigenvalue weighted by atomic mass is 16.6. The van der Waals surface area contributed by atoms with Crippen LogP contribution in [0.15, 0.2) is 0 Å². The minimum Gasteiger partial charge on any atom is -0.480 e. The van der Waals surface area contributed by atoms with Gasteiger partial charge in [-0.25, -0.2) is 4.79 Å². The summed E-state index contributed by atoms with van der Waals surface area (Å²) < 4.78 is 0. The van der Waals surface area contributed by atoms with E-state index in [2.05, 4.69) is 5.32 Å². The van der Waals surface area contributed by atoms with Crippen LogP contribution in [0.5, 0.6) is 0 Å². The smallest absolute Gasteiger partial charge is 0.480 e. The van der Waals surface area contributed by atoms with Crippen LogP contribution in [-0.4, -0.2) is 51.2 Å². The van der Waals surface area contributed by atoms with Crippen LogP contribution in [0.25, 0.3) is 0 Å². The van der Waals surface area contributed by atoms with Gasteiger partial charge in [0.05, 0.1) is 6.10 Å². The number of aliphatic hydroxyl groups excluding tert-OH is 1. The van der Waals surface area contributed by atoms with Crippen LogP contribution in [0.4, 0.5) is 4.79 Å². The lowest BCUT2D eigenvalue weighted by molar-refractivity contribution is -0.141. The van der Waals surface area contributed by atoms with E-state index in [0.717, 1.165) is 0 Å². The zero-order valence-corrected chi connectivity index (χ0v) is 6.67. The highest BCUT2D eigenvalue weighted by molar-refractivity contribution is 5.74. The number of carboxylic acid groups (broad SMARTS) is 3. The van der Waals surface area contributed by atoms with E-state index in [0.29, 0.717) is 13.0 Å². The van der Waals surface area contributed by atoms with Crippen molar-refractivity contribution in [3.63, 3.8) is 0 Å². The van der Waals surface area contributed by atoms with E-state index >= 15 is 0 Å². The van der Waals surface area contributed by atoms with Crippen LogP contribution in [0, 0.1) is 0 Å². The first kappa shape index (κ1) is 11.7. The molecule has 7 heteroatoms. The summed E-state index contributed by atoms with van der Waals surface area (Å²) in [5.74, 6) is -0.972. The lowest BCUT2D eigenvalue weighted by Gasteiger charge is -2.06. The SMILES string of the molecule is O=C(O)O.O=C(O)[C@H]1NCCC1O. The fourth-order valence-corrected chi connectivity index (χ4v) is 0.941. The Labute approximate surface area is 73.6 Å². The Bertz CT molecular complexity index is 190. The average molecular weight is 193 g/mol. The third-order valence-electron chi connectivity index (χ3n) is 1.46. The Morgan fingerprint density at radius 1 is 1.23 bits per heavy atom. The molecule has 7 nitrogen and oxygen atoms in total. The molecule has 1 aliphatic rings. The maximum absolute atomic E-state index is 10.2. The van der Waals surface area contributed by atoms with Gasteiger partial charge in [-0.2, -0.15) is 0 Å². The monoisotopic (exact) mass is 193 g/mol. The molecule has 0 aromatic carbocycles. The third kappa shape index (κ3) is 4.99. The molecule has 1 aliphatic heterocycles. The Hall–Kier alpha value is -1.34. The second-order valence-electron chi connectivity index (χ2n) is 2.41. The highest BCUT2D eigenvalue weighted by Gasteiger charge is 2.30. The normalized spacial score (nSPS) is 25.9. The van der Waals surface area contributed by atoms with Crippen molar-refractivity contribution in [3.8, 4) is 0 Å². The van der Waals surface area contributed by atoms with Crippen molar-refractivity contribution in [3.05, 3.63) is 0 Å². The molecule has 2 atom stereocenters. The van der Waals surface area contributed by atoms with E-state index in [4.69, 9.17) is 25.2 Å². The molecular formula is C6H11NO6. The summed E-state index contributed by atoms with van der Waals surface area (Å²) in [6.07, 6.45) is -2.00. The van der Waals surface area contributed by atoms with Crippen LogP contribution in [-0.2, 0) is 4.79 Å². The molecule has 1 unspecified atom stereocenters. The molecule has 0 aliphatic carbocycles. The summed E-state index contributed by atoms with van der Waals surface area (Å²) in [5.41, 5.74) is 0. The Morgan fingerprint density at radius 2 is 1.69 bits per heavy atom. The summed E-state index contributed by atoms with van der Waals surface area (Å²) >= 11 is 0. The Kier molecular flexibility index (Phi) is 4.78. The van der Waals surface area contributed by atoms with E-state index in [1.807, 2.05) is 0 Å². The van der Waals surface area contributed by atoms with Crippen molar-refractivity contribution in [2.24, 2.45) is 0 Å². The molecule has 0 aromatic rings. The summed E-state index contributed by atoms with van der Waals surface area (Å²) in [7, 11) is 0. The second-order valence-corrected chi connectivity index (χ2v) is 2.41. The van der Waals surface area contributed by atoms with E-state index < -0.39 is 24.3 Å². The topological polar surface area (TPSA) is 127 Å². The van der Waals surface area contributed by atoms with E-state index in [1.165, 1.54) is 0 Å². The highest BCUT2D eigenvalue weighted by Crippen LogP contribution is 2.05. The Morgan fingerprint density at radius 3 is 1.85 bits per heavy atom.